The van der Waals surface area contributed by atoms with Crippen LogP contribution in [0.3, 0.4) is 0 Å². The third-order valence-corrected chi connectivity index (χ3v) is 3.33. The van der Waals surface area contributed by atoms with Gasteiger partial charge in [-0.2, -0.15) is 0 Å². The number of nitrogens with one attached hydrogen (secondary N) is 2. The molecule has 2 aromatic carbocycles. The fourth-order valence-corrected chi connectivity index (χ4v) is 2.20. The Morgan fingerprint density at radius 1 is 1.15 bits per heavy atom. The van der Waals surface area contributed by atoms with Crippen LogP contribution in [0.2, 0.25) is 0 Å². The quantitative estimate of drug-likeness (QED) is 0.802. The van der Waals surface area contributed by atoms with Crippen molar-refractivity contribution in [3.05, 3.63) is 36.4 Å². The number of fused-ring (bicyclic) bond motifs is 1. The number of rotatable bonds is 4. The largest absolute Gasteiger partial charge is 0.507 e. The first-order valence-electron chi connectivity index (χ1n) is 6.73. The summed E-state index contributed by atoms with van der Waals surface area (Å²) in [7, 11) is 0. The van der Waals surface area contributed by atoms with Gasteiger partial charge in [0.05, 0.1) is 5.54 Å². The molecule has 20 heavy (non-hydrogen) atoms. The van der Waals surface area contributed by atoms with Gasteiger partial charge in [0.15, 0.2) is 0 Å². The first-order chi connectivity index (χ1) is 9.45. The predicted octanol–water partition coefficient (Wildman–Crippen LogP) is 2.87. The number of aromatic hydroxyl groups is 1. The van der Waals surface area contributed by atoms with Crippen molar-refractivity contribution < 1.29 is 9.90 Å². The average molecular weight is 272 g/mol. The minimum absolute atomic E-state index is 0.102. The van der Waals surface area contributed by atoms with Crippen LogP contribution in [0.1, 0.15) is 20.8 Å². The number of likely N-dealkylation sites (N-methyl/N-ethyl adjacent to an activating group) is 1. The van der Waals surface area contributed by atoms with Crippen molar-refractivity contribution in [3.8, 4) is 5.75 Å². The molecule has 0 saturated heterocycles. The molecule has 4 nitrogen and oxygen atoms in total. The molecule has 0 unspecified atom stereocenters. The van der Waals surface area contributed by atoms with E-state index in [9.17, 15) is 9.90 Å². The van der Waals surface area contributed by atoms with Crippen LogP contribution in [0.5, 0.6) is 5.75 Å². The van der Waals surface area contributed by atoms with Crippen LogP contribution in [0.15, 0.2) is 36.4 Å². The summed E-state index contributed by atoms with van der Waals surface area (Å²) in [5, 5.41) is 17.5. The Hall–Kier alpha value is -2.07. The predicted molar refractivity (Wildman–Crippen MR) is 82.0 cm³/mol. The number of hydrogen-bond donors (Lipinski definition) is 3. The molecule has 2 rings (SSSR count). The second-order valence-electron chi connectivity index (χ2n) is 5.29. The lowest BCUT2D eigenvalue weighted by Crippen LogP contribution is -2.49. The molecule has 0 aliphatic heterocycles. The molecule has 0 aromatic heterocycles. The number of amides is 1. The lowest BCUT2D eigenvalue weighted by atomic mass is 10.0. The molecule has 0 aliphatic rings. The third-order valence-electron chi connectivity index (χ3n) is 3.33. The second kappa shape index (κ2) is 5.51. The number of benzene rings is 2. The Kier molecular flexibility index (Phi) is 3.95. The highest BCUT2D eigenvalue weighted by Crippen LogP contribution is 2.30. The molecule has 0 saturated carbocycles. The van der Waals surface area contributed by atoms with Gasteiger partial charge in [0.2, 0.25) is 5.91 Å². The van der Waals surface area contributed by atoms with E-state index >= 15 is 0 Å². The van der Waals surface area contributed by atoms with Gasteiger partial charge in [-0.25, -0.2) is 0 Å². The Bertz CT molecular complexity index is 635. The maximum Gasteiger partial charge on any atom is 0.244 e. The number of hydrogen-bond acceptors (Lipinski definition) is 3. The summed E-state index contributed by atoms with van der Waals surface area (Å²) >= 11 is 0. The fraction of sp³-hybridized carbons (Fsp3) is 0.312. The number of anilines is 1. The molecular weight excluding hydrogens is 252 g/mol. The van der Waals surface area contributed by atoms with Gasteiger partial charge in [-0.1, -0.05) is 31.2 Å². The number of carbonyl (C=O) groups is 1. The van der Waals surface area contributed by atoms with Crippen molar-refractivity contribution in [1.29, 1.82) is 0 Å². The molecular formula is C16H20N2O2. The van der Waals surface area contributed by atoms with E-state index in [0.717, 1.165) is 17.3 Å². The van der Waals surface area contributed by atoms with Gasteiger partial charge in [0.25, 0.3) is 0 Å². The first kappa shape index (κ1) is 14.3. The van der Waals surface area contributed by atoms with Gasteiger partial charge in [0.1, 0.15) is 5.75 Å². The highest BCUT2D eigenvalue weighted by molar-refractivity contribution is 6.06. The Morgan fingerprint density at radius 2 is 1.80 bits per heavy atom. The van der Waals surface area contributed by atoms with Gasteiger partial charge < -0.3 is 15.7 Å². The Balaban J connectivity index is 2.35. The number of phenolic OH excluding ortho intramolecular Hbond substituents is 1. The highest BCUT2D eigenvalue weighted by atomic mass is 16.3. The van der Waals surface area contributed by atoms with Gasteiger partial charge in [-0.05, 0) is 32.5 Å². The summed E-state index contributed by atoms with van der Waals surface area (Å²) in [5.41, 5.74) is 0.0580. The lowest BCUT2D eigenvalue weighted by molar-refractivity contribution is -0.121. The highest BCUT2D eigenvalue weighted by Gasteiger charge is 2.26. The van der Waals surface area contributed by atoms with Crippen LogP contribution >= 0.6 is 0 Å². The van der Waals surface area contributed by atoms with Crippen LogP contribution in [-0.4, -0.2) is 23.1 Å². The summed E-state index contributed by atoms with van der Waals surface area (Å²) in [6.45, 7) is 6.37. The zero-order valence-corrected chi connectivity index (χ0v) is 12.0. The van der Waals surface area contributed by atoms with E-state index in [1.54, 1.807) is 12.1 Å². The van der Waals surface area contributed by atoms with E-state index in [4.69, 9.17) is 0 Å². The minimum Gasteiger partial charge on any atom is -0.507 e. The maximum atomic E-state index is 12.3. The van der Waals surface area contributed by atoms with Crippen molar-refractivity contribution in [2.45, 2.75) is 26.3 Å². The molecule has 0 fully saturated rings. The molecule has 2 aromatic rings. The Labute approximate surface area is 118 Å². The van der Waals surface area contributed by atoms with Gasteiger partial charge in [0, 0.05) is 16.5 Å². The fourth-order valence-electron chi connectivity index (χ4n) is 2.20. The molecule has 4 heteroatoms. The molecule has 0 atom stereocenters. The zero-order chi connectivity index (χ0) is 14.8. The van der Waals surface area contributed by atoms with Crippen LogP contribution in [0.25, 0.3) is 10.8 Å². The van der Waals surface area contributed by atoms with E-state index in [0.29, 0.717) is 5.69 Å². The molecule has 0 radical (unpaired) electrons. The van der Waals surface area contributed by atoms with E-state index in [-0.39, 0.29) is 11.7 Å². The van der Waals surface area contributed by atoms with E-state index in [1.807, 2.05) is 45.0 Å². The normalized spacial score (nSPS) is 11.6. The zero-order valence-electron chi connectivity index (χ0n) is 12.0. The second-order valence-corrected chi connectivity index (χ2v) is 5.29. The van der Waals surface area contributed by atoms with Crippen molar-refractivity contribution in [2.75, 3.05) is 11.9 Å². The average Bonchev–Trinajstić information content (AvgIpc) is 2.40. The van der Waals surface area contributed by atoms with Gasteiger partial charge in [-0.15, -0.1) is 0 Å². The topological polar surface area (TPSA) is 61.4 Å². The van der Waals surface area contributed by atoms with Crippen LogP contribution in [0.4, 0.5) is 5.69 Å². The minimum atomic E-state index is -0.645. The summed E-state index contributed by atoms with van der Waals surface area (Å²) in [6.07, 6.45) is 0. The molecule has 0 spiro atoms. The van der Waals surface area contributed by atoms with Crippen LogP contribution < -0.4 is 10.6 Å². The van der Waals surface area contributed by atoms with Crippen molar-refractivity contribution in [2.24, 2.45) is 0 Å². The summed E-state index contributed by atoms with van der Waals surface area (Å²) in [6, 6.07) is 10.8. The molecule has 0 bridgehead atoms. The molecule has 1 amide bonds. The third kappa shape index (κ3) is 2.75. The van der Waals surface area contributed by atoms with Crippen LogP contribution in [-0.2, 0) is 4.79 Å². The van der Waals surface area contributed by atoms with Gasteiger partial charge >= 0.3 is 0 Å². The first-order valence-corrected chi connectivity index (χ1v) is 6.73. The molecule has 0 heterocycles. The molecule has 3 N–H and O–H groups in total. The SMILES string of the molecule is CCNC(C)(C)C(=O)Nc1cccc2c(O)cccc12. The van der Waals surface area contributed by atoms with E-state index in [2.05, 4.69) is 10.6 Å². The van der Waals surface area contributed by atoms with E-state index in [1.165, 1.54) is 0 Å². The summed E-state index contributed by atoms with van der Waals surface area (Å²) in [5.74, 6) is 0.111. The van der Waals surface area contributed by atoms with Gasteiger partial charge in [-0.3, -0.25) is 4.79 Å². The van der Waals surface area contributed by atoms with Crippen molar-refractivity contribution >= 4 is 22.4 Å². The van der Waals surface area contributed by atoms with E-state index < -0.39 is 5.54 Å². The maximum absolute atomic E-state index is 12.3. The molecule has 0 aliphatic carbocycles. The monoisotopic (exact) mass is 272 g/mol. The van der Waals surface area contributed by atoms with Crippen molar-refractivity contribution in [1.82, 2.24) is 5.32 Å². The standard InChI is InChI=1S/C16H20N2O2/c1-4-17-16(2,3)15(20)18-13-9-5-8-12-11(13)7-6-10-14(12)19/h5-10,17,19H,4H2,1-3H3,(H,18,20). The summed E-state index contributed by atoms with van der Waals surface area (Å²) in [4.78, 5) is 12.3. The number of carbonyl (C=O) groups excluding carboxylic acids is 1. The summed E-state index contributed by atoms with van der Waals surface area (Å²) < 4.78 is 0. The number of phenols is 1. The van der Waals surface area contributed by atoms with Crippen LogP contribution in [0, 0.1) is 0 Å². The Morgan fingerprint density at radius 3 is 2.50 bits per heavy atom. The van der Waals surface area contributed by atoms with Crippen molar-refractivity contribution in [3.63, 3.8) is 0 Å². The lowest BCUT2D eigenvalue weighted by Gasteiger charge is -2.24. The molecule has 106 valence electrons. The smallest absolute Gasteiger partial charge is 0.244 e.